The maximum atomic E-state index is 12.3. The fourth-order valence-electron chi connectivity index (χ4n) is 2.30. The van der Waals surface area contributed by atoms with Crippen LogP contribution in [0.4, 0.5) is 0 Å². The minimum absolute atomic E-state index is 0.0551. The molecule has 0 aliphatic carbocycles. The molecule has 2 heterocycles. The third-order valence-corrected chi connectivity index (χ3v) is 4.54. The van der Waals surface area contributed by atoms with Crippen LogP contribution in [0, 0.1) is 12.8 Å². The number of carbonyl (C=O) groups is 1. The van der Waals surface area contributed by atoms with Gasteiger partial charge in [-0.1, -0.05) is 0 Å². The zero-order chi connectivity index (χ0) is 14.8. The fourth-order valence-corrected chi connectivity index (χ4v) is 3.41. The molecule has 1 amide bonds. The van der Waals surface area contributed by atoms with Crippen molar-refractivity contribution >= 4 is 17.7 Å². The number of aryl methyl sites for hydroxylation is 1. The number of nitrogens with one attached hydrogen (secondary N) is 2. The van der Waals surface area contributed by atoms with Crippen molar-refractivity contribution in [1.82, 2.24) is 15.3 Å². The van der Waals surface area contributed by atoms with E-state index in [9.17, 15) is 9.59 Å². The van der Waals surface area contributed by atoms with Crippen LogP contribution in [-0.2, 0) is 10.3 Å². The number of hydrogen-bond donors (Lipinski definition) is 2. The number of aromatic amines is 1. The SMILES string of the molecule is Cc1cc(=O)[nH]c(C(C)(C)NC(=O)C2CCSCC2)n1. The Kier molecular flexibility index (Phi) is 4.52. The maximum Gasteiger partial charge on any atom is 0.251 e. The molecule has 2 N–H and O–H groups in total. The van der Waals surface area contributed by atoms with Gasteiger partial charge in [0.05, 0.1) is 5.54 Å². The van der Waals surface area contributed by atoms with Gasteiger partial charge in [0.2, 0.25) is 5.91 Å². The second kappa shape index (κ2) is 5.99. The number of nitrogens with zero attached hydrogens (tertiary/aromatic N) is 1. The van der Waals surface area contributed by atoms with Crippen molar-refractivity contribution in [1.29, 1.82) is 0 Å². The van der Waals surface area contributed by atoms with Gasteiger partial charge in [-0.15, -0.1) is 0 Å². The van der Waals surface area contributed by atoms with Crippen LogP contribution in [0.3, 0.4) is 0 Å². The number of rotatable bonds is 3. The maximum absolute atomic E-state index is 12.3. The molecule has 0 radical (unpaired) electrons. The zero-order valence-electron chi connectivity index (χ0n) is 12.2. The summed E-state index contributed by atoms with van der Waals surface area (Å²) in [5.41, 5.74) is -0.212. The third-order valence-electron chi connectivity index (χ3n) is 3.49. The van der Waals surface area contributed by atoms with Crippen molar-refractivity contribution in [2.75, 3.05) is 11.5 Å². The Labute approximate surface area is 123 Å². The summed E-state index contributed by atoms with van der Waals surface area (Å²) in [6.07, 6.45) is 1.84. The molecule has 1 aliphatic rings. The monoisotopic (exact) mass is 295 g/mol. The second-order valence-corrected chi connectivity index (χ2v) is 6.96. The van der Waals surface area contributed by atoms with E-state index < -0.39 is 5.54 Å². The van der Waals surface area contributed by atoms with Crippen molar-refractivity contribution in [3.05, 3.63) is 27.9 Å². The Hall–Kier alpha value is -1.30. The Balaban J connectivity index is 2.13. The van der Waals surface area contributed by atoms with E-state index in [0.29, 0.717) is 11.5 Å². The van der Waals surface area contributed by atoms with Crippen molar-refractivity contribution < 1.29 is 4.79 Å². The minimum Gasteiger partial charge on any atom is -0.344 e. The number of thioether (sulfide) groups is 1. The summed E-state index contributed by atoms with van der Waals surface area (Å²) in [7, 11) is 0. The highest BCUT2D eigenvalue weighted by Gasteiger charge is 2.30. The van der Waals surface area contributed by atoms with Gasteiger partial charge in [0.15, 0.2) is 0 Å². The first kappa shape index (κ1) is 15.1. The molecule has 5 nitrogen and oxygen atoms in total. The predicted molar refractivity (Wildman–Crippen MR) is 80.8 cm³/mol. The van der Waals surface area contributed by atoms with Gasteiger partial charge in [-0.3, -0.25) is 9.59 Å². The molecule has 0 spiro atoms. The lowest BCUT2D eigenvalue weighted by Gasteiger charge is -2.29. The quantitative estimate of drug-likeness (QED) is 0.887. The van der Waals surface area contributed by atoms with E-state index in [1.807, 2.05) is 25.6 Å². The molecule has 0 bridgehead atoms. The van der Waals surface area contributed by atoms with E-state index in [4.69, 9.17) is 0 Å². The van der Waals surface area contributed by atoms with Crippen molar-refractivity contribution in [2.24, 2.45) is 5.92 Å². The van der Waals surface area contributed by atoms with Gasteiger partial charge < -0.3 is 10.3 Å². The van der Waals surface area contributed by atoms with Crippen LogP contribution in [-0.4, -0.2) is 27.4 Å². The highest BCUT2D eigenvalue weighted by Crippen LogP contribution is 2.24. The average Bonchev–Trinajstić information content (AvgIpc) is 2.38. The summed E-state index contributed by atoms with van der Waals surface area (Å²) < 4.78 is 0. The molecular formula is C14H21N3O2S. The zero-order valence-corrected chi connectivity index (χ0v) is 13.0. The van der Waals surface area contributed by atoms with Gasteiger partial charge in [0, 0.05) is 17.7 Å². The lowest BCUT2D eigenvalue weighted by Crippen LogP contribution is -2.46. The summed E-state index contributed by atoms with van der Waals surface area (Å²) in [5.74, 6) is 2.71. The molecule has 1 saturated heterocycles. The van der Waals surface area contributed by atoms with Gasteiger partial charge in [-0.2, -0.15) is 11.8 Å². The van der Waals surface area contributed by atoms with E-state index >= 15 is 0 Å². The van der Waals surface area contributed by atoms with Gasteiger partial charge >= 0.3 is 0 Å². The highest BCUT2D eigenvalue weighted by molar-refractivity contribution is 7.99. The predicted octanol–water partition coefficient (Wildman–Crippen LogP) is 1.57. The molecule has 6 heteroatoms. The Morgan fingerprint density at radius 2 is 2.10 bits per heavy atom. The Morgan fingerprint density at radius 3 is 2.70 bits per heavy atom. The first-order chi connectivity index (χ1) is 9.38. The second-order valence-electron chi connectivity index (χ2n) is 5.74. The Bertz CT molecular complexity index is 548. The van der Waals surface area contributed by atoms with Crippen molar-refractivity contribution in [2.45, 2.75) is 39.2 Å². The molecule has 1 aromatic heterocycles. The minimum atomic E-state index is -0.674. The van der Waals surface area contributed by atoms with Crippen LogP contribution in [0.15, 0.2) is 10.9 Å². The average molecular weight is 295 g/mol. The van der Waals surface area contributed by atoms with Gasteiger partial charge in [-0.05, 0) is 45.1 Å². The number of amides is 1. The van der Waals surface area contributed by atoms with Crippen LogP contribution in [0.1, 0.15) is 38.2 Å². The van der Waals surface area contributed by atoms with Crippen LogP contribution >= 0.6 is 11.8 Å². The molecule has 1 fully saturated rings. The topological polar surface area (TPSA) is 74.8 Å². The number of H-pyrrole nitrogens is 1. The largest absolute Gasteiger partial charge is 0.344 e. The summed E-state index contributed by atoms with van der Waals surface area (Å²) >= 11 is 1.89. The summed E-state index contributed by atoms with van der Waals surface area (Å²) in [5, 5.41) is 3.02. The molecule has 1 aliphatic heterocycles. The lowest BCUT2D eigenvalue weighted by molar-refractivity contribution is -0.127. The lowest BCUT2D eigenvalue weighted by atomic mass is 9.98. The summed E-state index contributed by atoms with van der Waals surface area (Å²) in [4.78, 5) is 30.9. The van der Waals surface area contributed by atoms with E-state index in [1.165, 1.54) is 6.07 Å². The molecule has 0 saturated carbocycles. The van der Waals surface area contributed by atoms with Crippen LogP contribution in [0.5, 0.6) is 0 Å². The summed E-state index contributed by atoms with van der Waals surface area (Å²) in [6, 6.07) is 1.44. The normalized spacial score (nSPS) is 16.9. The highest BCUT2D eigenvalue weighted by atomic mass is 32.2. The van der Waals surface area contributed by atoms with E-state index in [-0.39, 0.29) is 17.4 Å². The molecule has 110 valence electrons. The number of carbonyl (C=O) groups excluding carboxylic acids is 1. The van der Waals surface area contributed by atoms with E-state index in [2.05, 4.69) is 15.3 Å². The smallest absolute Gasteiger partial charge is 0.251 e. The van der Waals surface area contributed by atoms with Crippen LogP contribution < -0.4 is 10.9 Å². The fraction of sp³-hybridized carbons (Fsp3) is 0.643. The molecular weight excluding hydrogens is 274 g/mol. The summed E-state index contributed by atoms with van der Waals surface area (Å²) in [6.45, 7) is 5.50. The molecule has 2 rings (SSSR count). The van der Waals surface area contributed by atoms with Gasteiger partial charge in [0.25, 0.3) is 5.56 Å². The first-order valence-corrected chi connectivity index (χ1v) is 8.02. The molecule has 0 atom stereocenters. The third kappa shape index (κ3) is 3.62. The van der Waals surface area contributed by atoms with Crippen LogP contribution in [0.2, 0.25) is 0 Å². The molecule has 20 heavy (non-hydrogen) atoms. The van der Waals surface area contributed by atoms with Gasteiger partial charge in [0.1, 0.15) is 5.82 Å². The molecule has 1 aromatic rings. The molecule has 0 unspecified atom stereocenters. The van der Waals surface area contributed by atoms with Crippen LogP contribution in [0.25, 0.3) is 0 Å². The number of aromatic nitrogens is 2. The first-order valence-electron chi connectivity index (χ1n) is 6.87. The van der Waals surface area contributed by atoms with Gasteiger partial charge in [-0.25, -0.2) is 4.98 Å². The van der Waals surface area contributed by atoms with Crippen molar-refractivity contribution in [3.8, 4) is 0 Å². The van der Waals surface area contributed by atoms with E-state index in [0.717, 1.165) is 24.3 Å². The molecule has 0 aromatic carbocycles. The number of hydrogen-bond acceptors (Lipinski definition) is 4. The van der Waals surface area contributed by atoms with Crippen molar-refractivity contribution in [3.63, 3.8) is 0 Å². The Morgan fingerprint density at radius 1 is 1.45 bits per heavy atom. The standard InChI is InChI=1S/C14H21N3O2S/c1-9-8-11(18)16-13(15-9)14(2,3)17-12(19)10-4-6-20-7-5-10/h8,10H,4-7H2,1-3H3,(H,17,19)(H,15,16,18). The van der Waals surface area contributed by atoms with E-state index in [1.54, 1.807) is 6.92 Å².